The van der Waals surface area contributed by atoms with E-state index < -0.39 is 0 Å². The monoisotopic (exact) mass is 179 g/mol. The van der Waals surface area contributed by atoms with Gasteiger partial charge in [-0.2, -0.15) is 5.10 Å². The zero-order chi connectivity index (χ0) is 9.47. The lowest BCUT2D eigenvalue weighted by atomic mass is 9.72. The van der Waals surface area contributed by atoms with E-state index in [-0.39, 0.29) is 0 Å². The first-order chi connectivity index (χ1) is 6.15. The Hall–Kier alpha value is -0.830. The van der Waals surface area contributed by atoms with Crippen molar-refractivity contribution >= 4 is 0 Å². The Morgan fingerprint density at radius 1 is 1.77 bits per heavy atom. The molecular weight excluding hydrogens is 162 g/mol. The molecule has 1 aromatic heterocycles. The molecular formula is C10H17N3. The molecule has 0 radical (unpaired) electrons. The van der Waals surface area contributed by atoms with E-state index in [0.29, 0.717) is 11.5 Å². The first-order valence-corrected chi connectivity index (χ1v) is 4.88. The molecule has 0 aromatic carbocycles. The minimum Gasteiger partial charge on any atom is -0.307 e. The van der Waals surface area contributed by atoms with E-state index in [1.807, 2.05) is 17.9 Å². The van der Waals surface area contributed by atoms with Crippen molar-refractivity contribution in [1.29, 1.82) is 0 Å². The Kier molecular flexibility index (Phi) is 1.91. The molecule has 1 saturated heterocycles. The van der Waals surface area contributed by atoms with Crippen LogP contribution >= 0.6 is 0 Å². The molecule has 1 fully saturated rings. The first kappa shape index (κ1) is 8.75. The van der Waals surface area contributed by atoms with Gasteiger partial charge in [0.25, 0.3) is 0 Å². The van der Waals surface area contributed by atoms with E-state index in [0.717, 1.165) is 6.54 Å². The molecule has 2 rings (SSSR count). The summed E-state index contributed by atoms with van der Waals surface area (Å²) >= 11 is 0. The van der Waals surface area contributed by atoms with Gasteiger partial charge in [0.1, 0.15) is 0 Å². The topological polar surface area (TPSA) is 29.9 Å². The number of nitrogens with zero attached hydrogens (tertiary/aromatic N) is 2. The second-order valence-corrected chi connectivity index (χ2v) is 4.24. The van der Waals surface area contributed by atoms with Gasteiger partial charge >= 0.3 is 0 Å². The third-order valence-corrected chi connectivity index (χ3v) is 3.24. The van der Waals surface area contributed by atoms with Crippen molar-refractivity contribution in [2.24, 2.45) is 12.5 Å². The molecule has 0 saturated carbocycles. The van der Waals surface area contributed by atoms with Crippen molar-refractivity contribution in [2.45, 2.75) is 26.3 Å². The Labute approximate surface area is 79.1 Å². The van der Waals surface area contributed by atoms with Crippen LogP contribution < -0.4 is 5.32 Å². The summed E-state index contributed by atoms with van der Waals surface area (Å²) in [5.74, 6) is 0. The van der Waals surface area contributed by atoms with Crippen LogP contribution in [0.3, 0.4) is 0 Å². The molecule has 0 aliphatic carbocycles. The van der Waals surface area contributed by atoms with E-state index >= 15 is 0 Å². The average Bonchev–Trinajstić information content (AvgIpc) is 2.48. The summed E-state index contributed by atoms with van der Waals surface area (Å²) in [4.78, 5) is 0. The normalized spacial score (nSPS) is 33.0. The molecule has 1 aliphatic heterocycles. The van der Waals surface area contributed by atoms with E-state index in [9.17, 15) is 0 Å². The third-order valence-electron chi connectivity index (χ3n) is 3.24. The van der Waals surface area contributed by atoms with Crippen molar-refractivity contribution in [3.63, 3.8) is 0 Å². The average molecular weight is 179 g/mol. The molecule has 0 amide bonds. The predicted octanol–water partition coefficient (Wildman–Crippen LogP) is 1.48. The highest BCUT2D eigenvalue weighted by atomic mass is 15.3. The summed E-state index contributed by atoms with van der Waals surface area (Å²) in [7, 11) is 1.96. The minimum absolute atomic E-state index is 0.411. The fourth-order valence-corrected chi connectivity index (χ4v) is 1.93. The lowest BCUT2D eigenvalue weighted by molar-refractivity contribution is 0.0952. The maximum atomic E-state index is 4.43. The number of nitrogens with one attached hydrogen (secondary N) is 1. The lowest BCUT2D eigenvalue weighted by Crippen LogP contribution is -2.54. The van der Waals surface area contributed by atoms with Gasteiger partial charge in [-0.3, -0.25) is 4.68 Å². The highest BCUT2D eigenvalue weighted by Gasteiger charge is 2.42. The van der Waals surface area contributed by atoms with Gasteiger partial charge in [0, 0.05) is 25.2 Å². The fraction of sp³-hybridized carbons (Fsp3) is 0.700. The third kappa shape index (κ3) is 1.27. The van der Waals surface area contributed by atoms with Crippen molar-refractivity contribution in [1.82, 2.24) is 15.1 Å². The second-order valence-electron chi connectivity index (χ2n) is 4.24. The summed E-state index contributed by atoms with van der Waals surface area (Å²) in [6.45, 7) is 5.68. The van der Waals surface area contributed by atoms with E-state index in [4.69, 9.17) is 0 Å². The molecule has 3 nitrogen and oxygen atoms in total. The lowest BCUT2D eigenvalue weighted by Gasteiger charge is -2.47. The van der Waals surface area contributed by atoms with Gasteiger partial charge in [0.2, 0.25) is 0 Å². The molecule has 2 heterocycles. The number of aryl methyl sites for hydroxylation is 1. The highest BCUT2D eigenvalue weighted by molar-refractivity contribution is 5.15. The van der Waals surface area contributed by atoms with Crippen molar-refractivity contribution in [3.8, 4) is 0 Å². The van der Waals surface area contributed by atoms with Crippen LogP contribution in [0.4, 0.5) is 0 Å². The summed E-state index contributed by atoms with van der Waals surface area (Å²) in [6, 6.07) is 2.56. The molecule has 72 valence electrons. The SMILES string of the molecule is CCC1(C)CNC1c1ccn(C)n1. The standard InChI is InChI=1S/C10H17N3/c1-4-10(2)7-11-9(10)8-5-6-13(3)12-8/h5-6,9,11H,4,7H2,1-3H3. The molecule has 3 heteroatoms. The van der Waals surface area contributed by atoms with Gasteiger partial charge in [-0.1, -0.05) is 13.8 Å². The van der Waals surface area contributed by atoms with Gasteiger partial charge in [-0.15, -0.1) is 0 Å². The first-order valence-electron chi connectivity index (χ1n) is 4.88. The van der Waals surface area contributed by atoms with E-state index in [1.165, 1.54) is 12.1 Å². The Morgan fingerprint density at radius 2 is 2.54 bits per heavy atom. The van der Waals surface area contributed by atoms with Gasteiger partial charge in [0.15, 0.2) is 0 Å². The van der Waals surface area contributed by atoms with Crippen LogP contribution in [0, 0.1) is 5.41 Å². The summed E-state index contributed by atoms with van der Waals surface area (Å²) in [5, 5.41) is 7.87. The Bertz CT molecular complexity index is 301. The molecule has 0 bridgehead atoms. The van der Waals surface area contributed by atoms with E-state index in [1.54, 1.807) is 0 Å². The summed E-state index contributed by atoms with van der Waals surface area (Å²) in [6.07, 6.45) is 3.21. The van der Waals surface area contributed by atoms with Crippen molar-refractivity contribution in [3.05, 3.63) is 18.0 Å². The predicted molar refractivity (Wildman–Crippen MR) is 52.3 cm³/mol. The Balaban J connectivity index is 2.19. The quantitative estimate of drug-likeness (QED) is 0.745. The van der Waals surface area contributed by atoms with Crippen LogP contribution in [-0.2, 0) is 7.05 Å². The zero-order valence-corrected chi connectivity index (χ0v) is 8.54. The van der Waals surface area contributed by atoms with Crippen molar-refractivity contribution < 1.29 is 0 Å². The van der Waals surface area contributed by atoms with Crippen LogP contribution in [-0.4, -0.2) is 16.3 Å². The van der Waals surface area contributed by atoms with Gasteiger partial charge in [-0.25, -0.2) is 0 Å². The van der Waals surface area contributed by atoms with E-state index in [2.05, 4.69) is 30.3 Å². The number of aromatic nitrogens is 2. The van der Waals surface area contributed by atoms with Crippen LogP contribution in [0.15, 0.2) is 12.3 Å². The van der Waals surface area contributed by atoms with Crippen LogP contribution in [0.25, 0.3) is 0 Å². The molecule has 2 unspecified atom stereocenters. The molecule has 1 aromatic rings. The number of hydrogen-bond donors (Lipinski definition) is 1. The molecule has 13 heavy (non-hydrogen) atoms. The summed E-state index contributed by atoms with van der Waals surface area (Å²) < 4.78 is 1.87. The van der Waals surface area contributed by atoms with Crippen LogP contribution in [0.2, 0.25) is 0 Å². The molecule has 1 aliphatic rings. The summed E-state index contributed by atoms with van der Waals surface area (Å²) in [5.41, 5.74) is 1.59. The zero-order valence-electron chi connectivity index (χ0n) is 8.54. The van der Waals surface area contributed by atoms with Gasteiger partial charge < -0.3 is 5.32 Å². The maximum Gasteiger partial charge on any atom is 0.0799 e. The number of rotatable bonds is 2. The minimum atomic E-state index is 0.411. The van der Waals surface area contributed by atoms with Crippen LogP contribution in [0.5, 0.6) is 0 Å². The molecule has 1 N–H and O–H groups in total. The maximum absolute atomic E-state index is 4.43. The van der Waals surface area contributed by atoms with Crippen molar-refractivity contribution in [2.75, 3.05) is 6.54 Å². The fourth-order valence-electron chi connectivity index (χ4n) is 1.93. The second kappa shape index (κ2) is 2.84. The highest BCUT2D eigenvalue weighted by Crippen LogP contribution is 2.42. The smallest absolute Gasteiger partial charge is 0.0799 e. The van der Waals surface area contributed by atoms with Gasteiger partial charge in [-0.05, 0) is 12.5 Å². The number of hydrogen-bond acceptors (Lipinski definition) is 2. The molecule has 2 atom stereocenters. The largest absolute Gasteiger partial charge is 0.307 e. The van der Waals surface area contributed by atoms with Gasteiger partial charge in [0.05, 0.1) is 11.7 Å². The Morgan fingerprint density at radius 3 is 2.92 bits per heavy atom. The molecule has 0 spiro atoms. The van der Waals surface area contributed by atoms with Crippen LogP contribution in [0.1, 0.15) is 32.0 Å².